The van der Waals surface area contributed by atoms with E-state index in [0.29, 0.717) is 24.7 Å². The molecule has 0 bridgehead atoms. The highest BCUT2D eigenvalue weighted by atomic mass is 32.1. The molecule has 10 heteroatoms. The fourth-order valence-electron chi connectivity index (χ4n) is 4.52. The van der Waals surface area contributed by atoms with Crippen LogP contribution < -0.4 is 11.0 Å². The standard InChI is InChI=1S/C20H24N6O3S/c1-11-4-5-12-13(8-11)30-17-15(12)16-23-26(19(29)24(16)10-22-17)9-14(27)25-7-6-21-18(28)20(25,2)3/h10-11H,4-9H2,1-3H3,(H,21,28)/t11-/m0/s1. The third-order valence-corrected chi connectivity index (χ3v) is 7.48. The first-order valence-corrected chi connectivity index (χ1v) is 11.1. The molecule has 4 heterocycles. The lowest BCUT2D eigenvalue weighted by molar-refractivity contribution is -0.149. The first kappa shape index (κ1) is 19.2. The van der Waals surface area contributed by atoms with Gasteiger partial charge in [-0.05, 0) is 44.6 Å². The normalized spacial score (nSPS) is 21.1. The quantitative estimate of drug-likeness (QED) is 0.655. The van der Waals surface area contributed by atoms with E-state index in [1.165, 1.54) is 30.8 Å². The van der Waals surface area contributed by atoms with Gasteiger partial charge in [-0.25, -0.2) is 18.9 Å². The highest BCUT2D eigenvalue weighted by molar-refractivity contribution is 7.19. The van der Waals surface area contributed by atoms with Crippen LogP contribution in [0.2, 0.25) is 0 Å². The van der Waals surface area contributed by atoms with Gasteiger partial charge in [-0.2, -0.15) is 0 Å². The SMILES string of the molecule is C[C@H]1CCc2c(sc3ncn4c(=O)n(CC(=O)N5CCNC(=O)C5(C)C)nc4c23)C1. The van der Waals surface area contributed by atoms with Crippen LogP contribution in [-0.2, 0) is 29.0 Å². The summed E-state index contributed by atoms with van der Waals surface area (Å²) in [4.78, 5) is 46.3. The van der Waals surface area contributed by atoms with Gasteiger partial charge in [0, 0.05) is 18.0 Å². The fraction of sp³-hybridized carbons (Fsp3) is 0.550. The Morgan fingerprint density at radius 3 is 2.97 bits per heavy atom. The van der Waals surface area contributed by atoms with Crippen LogP contribution in [-0.4, -0.2) is 54.5 Å². The van der Waals surface area contributed by atoms with E-state index in [-0.39, 0.29) is 18.4 Å². The van der Waals surface area contributed by atoms with Gasteiger partial charge in [0.2, 0.25) is 11.8 Å². The summed E-state index contributed by atoms with van der Waals surface area (Å²) in [6.45, 7) is 6.27. The molecule has 1 saturated heterocycles. The molecule has 1 fully saturated rings. The molecule has 2 amide bonds. The lowest BCUT2D eigenvalue weighted by Crippen LogP contribution is -2.64. The maximum atomic E-state index is 13.0. The zero-order chi connectivity index (χ0) is 21.2. The average Bonchev–Trinajstić information content (AvgIpc) is 3.21. The number of piperazine rings is 1. The third kappa shape index (κ3) is 2.77. The maximum Gasteiger partial charge on any atom is 0.352 e. The van der Waals surface area contributed by atoms with E-state index in [9.17, 15) is 14.4 Å². The van der Waals surface area contributed by atoms with Gasteiger partial charge in [0.05, 0.1) is 5.39 Å². The molecule has 1 atom stereocenters. The number of thiophene rings is 1. The average molecular weight is 429 g/mol. The van der Waals surface area contributed by atoms with Crippen LogP contribution in [0.5, 0.6) is 0 Å². The van der Waals surface area contributed by atoms with Crippen molar-refractivity contribution in [2.45, 2.75) is 52.1 Å². The Kier molecular flexibility index (Phi) is 4.25. The number of aryl methyl sites for hydroxylation is 1. The third-order valence-electron chi connectivity index (χ3n) is 6.32. The zero-order valence-electron chi connectivity index (χ0n) is 17.3. The molecule has 0 aromatic carbocycles. The molecule has 2 aliphatic rings. The maximum absolute atomic E-state index is 13.0. The minimum Gasteiger partial charge on any atom is -0.352 e. The number of carbonyl (C=O) groups excluding carboxylic acids is 2. The van der Waals surface area contributed by atoms with Crippen LogP contribution in [0, 0.1) is 5.92 Å². The van der Waals surface area contributed by atoms with Crippen LogP contribution in [0.25, 0.3) is 15.9 Å². The van der Waals surface area contributed by atoms with E-state index < -0.39 is 11.2 Å². The number of aromatic nitrogens is 4. The van der Waals surface area contributed by atoms with Crippen molar-refractivity contribution in [1.29, 1.82) is 0 Å². The summed E-state index contributed by atoms with van der Waals surface area (Å²) in [5, 5.41) is 8.24. The molecule has 1 aliphatic carbocycles. The Hall–Kier alpha value is -2.75. The molecule has 0 unspecified atom stereocenters. The highest BCUT2D eigenvalue weighted by Crippen LogP contribution is 2.38. The largest absolute Gasteiger partial charge is 0.352 e. The topological polar surface area (TPSA) is 102 Å². The minimum absolute atomic E-state index is 0.200. The van der Waals surface area contributed by atoms with Crippen molar-refractivity contribution in [1.82, 2.24) is 29.4 Å². The van der Waals surface area contributed by atoms with E-state index in [2.05, 4.69) is 22.3 Å². The number of fused-ring (bicyclic) bond motifs is 5. The summed E-state index contributed by atoms with van der Waals surface area (Å²) in [5.41, 5.74) is 0.441. The monoisotopic (exact) mass is 428 g/mol. The van der Waals surface area contributed by atoms with Gasteiger partial charge in [-0.15, -0.1) is 16.4 Å². The lowest BCUT2D eigenvalue weighted by Gasteiger charge is -2.41. The minimum atomic E-state index is -0.962. The molecule has 0 saturated carbocycles. The molecule has 5 rings (SSSR count). The summed E-state index contributed by atoms with van der Waals surface area (Å²) >= 11 is 1.67. The number of amides is 2. The molecular formula is C20H24N6O3S. The van der Waals surface area contributed by atoms with Crippen LogP contribution in [0.1, 0.15) is 37.6 Å². The molecule has 1 aliphatic heterocycles. The lowest BCUT2D eigenvalue weighted by atomic mass is 9.89. The smallest absolute Gasteiger partial charge is 0.352 e. The zero-order valence-corrected chi connectivity index (χ0v) is 18.1. The van der Waals surface area contributed by atoms with E-state index in [0.717, 1.165) is 29.5 Å². The number of nitrogens with zero attached hydrogens (tertiary/aromatic N) is 5. The van der Waals surface area contributed by atoms with Crippen molar-refractivity contribution in [2.75, 3.05) is 13.1 Å². The van der Waals surface area contributed by atoms with Gasteiger partial charge in [0.25, 0.3) is 0 Å². The second-order valence-electron chi connectivity index (χ2n) is 8.77. The van der Waals surface area contributed by atoms with Crippen molar-refractivity contribution >= 4 is 39.0 Å². The van der Waals surface area contributed by atoms with Gasteiger partial charge < -0.3 is 10.2 Å². The van der Waals surface area contributed by atoms with Crippen LogP contribution in [0.3, 0.4) is 0 Å². The van der Waals surface area contributed by atoms with Gasteiger partial charge >= 0.3 is 5.69 Å². The van der Waals surface area contributed by atoms with Gasteiger partial charge in [-0.1, -0.05) is 6.92 Å². The molecule has 3 aromatic rings. The van der Waals surface area contributed by atoms with Gasteiger partial charge in [0.15, 0.2) is 5.65 Å². The van der Waals surface area contributed by atoms with Gasteiger partial charge in [-0.3, -0.25) is 9.59 Å². The first-order valence-electron chi connectivity index (χ1n) is 10.2. The number of carbonyl (C=O) groups is 2. The van der Waals surface area contributed by atoms with E-state index in [1.807, 2.05) is 0 Å². The Labute approximate surface area is 176 Å². The summed E-state index contributed by atoms with van der Waals surface area (Å²) in [6, 6.07) is 0. The molecule has 9 nitrogen and oxygen atoms in total. The first-order chi connectivity index (χ1) is 14.3. The summed E-state index contributed by atoms with van der Waals surface area (Å²) < 4.78 is 2.62. The molecular weight excluding hydrogens is 404 g/mol. The number of hydrogen-bond acceptors (Lipinski definition) is 6. The van der Waals surface area contributed by atoms with Crippen molar-refractivity contribution in [3.05, 3.63) is 27.3 Å². The van der Waals surface area contributed by atoms with Crippen molar-refractivity contribution in [3.8, 4) is 0 Å². The molecule has 30 heavy (non-hydrogen) atoms. The predicted molar refractivity (Wildman–Crippen MR) is 113 cm³/mol. The summed E-state index contributed by atoms with van der Waals surface area (Å²) in [6.07, 6.45) is 4.58. The Balaban J connectivity index is 1.55. The Morgan fingerprint density at radius 2 is 2.17 bits per heavy atom. The van der Waals surface area contributed by atoms with E-state index >= 15 is 0 Å². The second kappa shape index (κ2) is 6.63. The number of nitrogens with one attached hydrogen (secondary N) is 1. The van der Waals surface area contributed by atoms with Gasteiger partial charge in [0.1, 0.15) is 23.2 Å². The Morgan fingerprint density at radius 1 is 1.37 bits per heavy atom. The molecule has 158 valence electrons. The van der Waals surface area contributed by atoms with Crippen molar-refractivity contribution in [3.63, 3.8) is 0 Å². The predicted octanol–water partition coefficient (Wildman–Crippen LogP) is 0.967. The molecule has 1 N–H and O–H groups in total. The number of rotatable bonds is 2. The highest BCUT2D eigenvalue weighted by Gasteiger charge is 2.40. The van der Waals surface area contributed by atoms with Crippen LogP contribution >= 0.6 is 11.3 Å². The van der Waals surface area contributed by atoms with E-state index in [4.69, 9.17) is 0 Å². The van der Waals surface area contributed by atoms with E-state index in [1.54, 1.807) is 25.2 Å². The van der Waals surface area contributed by atoms with Crippen LogP contribution in [0.4, 0.5) is 0 Å². The van der Waals surface area contributed by atoms with Crippen molar-refractivity contribution < 1.29 is 9.59 Å². The summed E-state index contributed by atoms with van der Waals surface area (Å²) in [5.74, 6) is 0.143. The molecule has 0 spiro atoms. The second-order valence-corrected chi connectivity index (χ2v) is 9.85. The molecule has 3 aromatic heterocycles. The van der Waals surface area contributed by atoms with Crippen LogP contribution in [0.15, 0.2) is 11.1 Å². The van der Waals surface area contributed by atoms with Crippen molar-refractivity contribution in [2.24, 2.45) is 5.92 Å². The molecule has 0 radical (unpaired) electrons. The number of hydrogen-bond donors (Lipinski definition) is 1. The summed E-state index contributed by atoms with van der Waals surface area (Å²) in [7, 11) is 0. The Bertz CT molecular complexity index is 1250. The fourth-order valence-corrected chi connectivity index (χ4v) is 5.86.